The van der Waals surface area contributed by atoms with Crippen LogP contribution in [0.1, 0.15) is 80.4 Å². The van der Waals surface area contributed by atoms with Crippen molar-refractivity contribution >= 4 is 5.91 Å². The highest BCUT2D eigenvalue weighted by Crippen LogP contribution is 2.41. The van der Waals surface area contributed by atoms with Gasteiger partial charge in [-0.3, -0.25) is 9.63 Å². The van der Waals surface area contributed by atoms with Gasteiger partial charge in [-0.15, -0.1) is 0 Å². The van der Waals surface area contributed by atoms with Crippen molar-refractivity contribution in [2.45, 2.75) is 91.5 Å². The minimum Gasteiger partial charge on any atom is -0.334 e. The third-order valence-corrected chi connectivity index (χ3v) is 5.40. The van der Waals surface area contributed by atoms with Crippen LogP contribution in [-0.4, -0.2) is 39.0 Å². The summed E-state index contributed by atoms with van der Waals surface area (Å²) in [6, 6.07) is 10.2. The molecule has 0 bridgehead atoms. The maximum atomic E-state index is 13.6. The molecular formula is C23H38N2O2. The van der Waals surface area contributed by atoms with E-state index in [0.29, 0.717) is 12.5 Å². The zero-order chi connectivity index (χ0) is 20.6. The van der Waals surface area contributed by atoms with Gasteiger partial charge in [0.25, 0.3) is 0 Å². The Bertz CT molecular complexity index is 648. The molecule has 1 saturated heterocycles. The number of carbonyl (C=O) groups excluding carboxylic acids is 1. The zero-order valence-electron chi connectivity index (χ0n) is 18.7. The Morgan fingerprint density at radius 2 is 1.63 bits per heavy atom. The van der Waals surface area contributed by atoms with E-state index in [1.165, 1.54) is 0 Å². The highest BCUT2D eigenvalue weighted by Gasteiger charge is 2.56. The van der Waals surface area contributed by atoms with Crippen molar-refractivity contribution in [2.24, 2.45) is 5.92 Å². The summed E-state index contributed by atoms with van der Waals surface area (Å²) in [7, 11) is 0. The van der Waals surface area contributed by atoms with E-state index in [-0.39, 0.29) is 23.1 Å². The summed E-state index contributed by atoms with van der Waals surface area (Å²) >= 11 is 0. The lowest BCUT2D eigenvalue weighted by Crippen LogP contribution is -2.74. The number of hydroxylamine groups is 2. The van der Waals surface area contributed by atoms with E-state index in [4.69, 9.17) is 4.84 Å². The predicted molar refractivity (Wildman–Crippen MR) is 111 cm³/mol. The maximum absolute atomic E-state index is 13.6. The first-order valence-corrected chi connectivity index (χ1v) is 10.1. The number of carbonyl (C=O) groups is 1. The van der Waals surface area contributed by atoms with Crippen molar-refractivity contribution in [3.8, 4) is 0 Å². The van der Waals surface area contributed by atoms with Gasteiger partial charge in [-0.25, -0.2) is 0 Å². The van der Waals surface area contributed by atoms with Crippen LogP contribution in [0, 0.1) is 5.92 Å². The average molecular weight is 375 g/mol. The summed E-state index contributed by atoms with van der Waals surface area (Å²) in [5.41, 5.74) is -0.102. The second-order valence-corrected chi connectivity index (χ2v) is 10.2. The molecule has 0 saturated carbocycles. The topological polar surface area (TPSA) is 32.8 Å². The molecule has 4 nitrogen and oxygen atoms in total. The number of benzene rings is 1. The van der Waals surface area contributed by atoms with Crippen LogP contribution < -0.4 is 0 Å². The highest BCUT2D eigenvalue weighted by atomic mass is 16.7. The molecule has 1 aliphatic heterocycles. The van der Waals surface area contributed by atoms with E-state index >= 15 is 0 Å². The Morgan fingerprint density at radius 1 is 1.07 bits per heavy atom. The average Bonchev–Trinajstić information content (AvgIpc) is 2.54. The van der Waals surface area contributed by atoms with Crippen molar-refractivity contribution in [2.75, 3.05) is 6.54 Å². The summed E-state index contributed by atoms with van der Waals surface area (Å²) in [6.45, 7) is 19.8. The van der Waals surface area contributed by atoms with Crippen LogP contribution in [0.15, 0.2) is 30.3 Å². The van der Waals surface area contributed by atoms with E-state index in [1.54, 1.807) is 0 Å². The lowest BCUT2D eigenvalue weighted by molar-refractivity contribution is -0.309. The van der Waals surface area contributed by atoms with Gasteiger partial charge >= 0.3 is 0 Å². The Kier molecular flexibility index (Phi) is 6.13. The number of hydrogen-bond donors (Lipinski definition) is 0. The SMILES string of the molecule is CC(C)CC1(C)C(=O)N(C(C)(C)C)CC(C)(C)N1OC(C)c1ccccc1. The molecule has 0 radical (unpaired) electrons. The summed E-state index contributed by atoms with van der Waals surface area (Å²) in [6.07, 6.45) is 0.634. The molecule has 2 unspecified atom stereocenters. The quantitative estimate of drug-likeness (QED) is 0.710. The van der Waals surface area contributed by atoms with E-state index < -0.39 is 5.54 Å². The summed E-state index contributed by atoms with van der Waals surface area (Å²) in [5.74, 6) is 0.538. The van der Waals surface area contributed by atoms with Crippen LogP contribution in [0.5, 0.6) is 0 Å². The molecule has 0 N–H and O–H groups in total. The van der Waals surface area contributed by atoms with Crippen LogP contribution in [0.25, 0.3) is 0 Å². The second-order valence-electron chi connectivity index (χ2n) is 10.2. The molecule has 152 valence electrons. The molecule has 1 fully saturated rings. The molecule has 2 atom stereocenters. The summed E-state index contributed by atoms with van der Waals surface area (Å²) in [4.78, 5) is 22.2. The van der Waals surface area contributed by atoms with Crippen LogP contribution in [0.4, 0.5) is 0 Å². The lowest BCUT2D eigenvalue weighted by atomic mass is 9.80. The number of amides is 1. The molecule has 2 rings (SSSR count). The summed E-state index contributed by atoms with van der Waals surface area (Å²) in [5, 5.41) is 2.00. The van der Waals surface area contributed by atoms with Crippen LogP contribution >= 0.6 is 0 Å². The molecule has 1 aromatic carbocycles. The molecule has 4 heteroatoms. The van der Waals surface area contributed by atoms with Gasteiger partial charge in [0.05, 0.1) is 5.54 Å². The normalized spacial score (nSPS) is 25.1. The van der Waals surface area contributed by atoms with E-state index in [0.717, 1.165) is 12.0 Å². The summed E-state index contributed by atoms with van der Waals surface area (Å²) < 4.78 is 0. The van der Waals surface area contributed by atoms with Gasteiger partial charge in [0, 0.05) is 12.1 Å². The third kappa shape index (κ3) is 4.55. The molecule has 0 aliphatic carbocycles. The minimum absolute atomic E-state index is 0.119. The molecule has 1 heterocycles. The third-order valence-electron chi connectivity index (χ3n) is 5.40. The minimum atomic E-state index is -0.702. The first kappa shape index (κ1) is 21.9. The van der Waals surface area contributed by atoms with E-state index in [2.05, 4.69) is 67.5 Å². The number of nitrogens with zero attached hydrogens (tertiary/aromatic N) is 2. The Hall–Kier alpha value is -1.39. The molecule has 27 heavy (non-hydrogen) atoms. The Balaban J connectivity index is 2.44. The lowest BCUT2D eigenvalue weighted by Gasteiger charge is -2.58. The zero-order valence-corrected chi connectivity index (χ0v) is 18.7. The van der Waals surface area contributed by atoms with Gasteiger partial charge in [-0.2, -0.15) is 5.06 Å². The number of rotatable bonds is 5. The molecular weight excluding hydrogens is 336 g/mol. The van der Waals surface area contributed by atoms with Gasteiger partial charge in [0.15, 0.2) is 0 Å². The van der Waals surface area contributed by atoms with Crippen LogP contribution in [0.2, 0.25) is 0 Å². The number of piperazine rings is 1. The number of hydrogen-bond acceptors (Lipinski definition) is 3. The van der Waals surface area contributed by atoms with Crippen molar-refractivity contribution < 1.29 is 9.63 Å². The molecule has 1 aromatic rings. The fourth-order valence-corrected chi connectivity index (χ4v) is 4.28. The van der Waals surface area contributed by atoms with Crippen LogP contribution in [-0.2, 0) is 9.63 Å². The van der Waals surface area contributed by atoms with Gasteiger partial charge < -0.3 is 4.90 Å². The smallest absolute Gasteiger partial charge is 0.245 e. The fraction of sp³-hybridized carbons (Fsp3) is 0.696. The Labute approximate surface area is 165 Å². The van der Waals surface area contributed by atoms with Gasteiger partial charge in [-0.05, 0) is 66.4 Å². The Morgan fingerprint density at radius 3 is 2.11 bits per heavy atom. The first-order valence-electron chi connectivity index (χ1n) is 10.1. The standard InChI is InChI=1S/C23H38N2O2/c1-17(2)15-23(9)20(26)24(21(4,5)6)16-22(7,8)25(23)27-18(3)19-13-11-10-12-14-19/h10-14,17-18H,15-16H2,1-9H3. The largest absolute Gasteiger partial charge is 0.334 e. The molecule has 1 amide bonds. The van der Waals surface area contributed by atoms with Gasteiger partial charge in [0.1, 0.15) is 11.6 Å². The molecule has 1 aliphatic rings. The fourth-order valence-electron chi connectivity index (χ4n) is 4.28. The van der Waals surface area contributed by atoms with Gasteiger partial charge in [-0.1, -0.05) is 44.2 Å². The van der Waals surface area contributed by atoms with E-state index in [1.807, 2.05) is 35.1 Å². The maximum Gasteiger partial charge on any atom is 0.245 e. The van der Waals surface area contributed by atoms with Crippen molar-refractivity contribution in [3.63, 3.8) is 0 Å². The molecule has 0 aromatic heterocycles. The highest BCUT2D eigenvalue weighted by molar-refractivity contribution is 5.87. The first-order chi connectivity index (χ1) is 12.3. The molecule has 0 spiro atoms. The second kappa shape index (κ2) is 7.56. The van der Waals surface area contributed by atoms with E-state index in [9.17, 15) is 4.79 Å². The monoisotopic (exact) mass is 374 g/mol. The van der Waals surface area contributed by atoms with Crippen molar-refractivity contribution in [1.82, 2.24) is 9.96 Å². The van der Waals surface area contributed by atoms with Crippen molar-refractivity contribution in [1.29, 1.82) is 0 Å². The van der Waals surface area contributed by atoms with Crippen LogP contribution in [0.3, 0.4) is 0 Å². The van der Waals surface area contributed by atoms with Gasteiger partial charge in [0.2, 0.25) is 5.91 Å². The predicted octanol–water partition coefficient (Wildman–Crippen LogP) is 5.21. The van der Waals surface area contributed by atoms with Crippen molar-refractivity contribution in [3.05, 3.63) is 35.9 Å².